The molecule has 10 radical (unpaired) electrons. The van der Waals surface area contributed by atoms with Gasteiger partial charge in [-0.2, -0.15) is 0 Å². The average Bonchev–Trinajstić information content (AvgIpc) is 3.89. The van der Waals surface area contributed by atoms with Gasteiger partial charge in [0.15, 0.2) is 0 Å². The standard InChI is InChI=1S/2C12H9O2.3C6H5.Sb/c2*13-12(14)11-7-5-10(6-8-11)9-3-1-2-4-9;3*1-2-4-6-5-3-1;/h2*1-8H,(H,13,14);3*1-5H;/q;;;;;+2/p-2. The molecule has 7 rings (SSSR count). The number of benzene rings is 5. The summed E-state index contributed by atoms with van der Waals surface area (Å²) in [5.74, 6) is 0.976. The fraction of sp³-hybridized carbons (Fsp3) is 0. The summed E-state index contributed by atoms with van der Waals surface area (Å²) in [6, 6.07) is 43.1. The Morgan fingerprint density at radius 2 is 0.681 bits per heavy atom. The van der Waals surface area contributed by atoms with Crippen molar-refractivity contribution < 1.29 is 15.6 Å². The molecule has 0 heterocycles. The van der Waals surface area contributed by atoms with Crippen LogP contribution in [0.2, 0.25) is 0 Å². The molecule has 4 nitrogen and oxygen atoms in total. The number of hydrogen-bond donors (Lipinski definition) is 0. The fourth-order valence-electron chi connectivity index (χ4n) is 6.03. The van der Waals surface area contributed by atoms with Crippen LogP contribution < -0.4 is 10.5 Å². The topological polar surface area (TPSA) is 52.6 Å². The molecule has 0 aromatic heterocycles. The Hall–Kier alpha value is -4.14. The van der Waals surface area contributed by atoms with Crippen molar-refractivity contribution >= 4 is 40.7 Å². The molecule has 47 heavy (non-hydrogen) atoms. The monoisotopic (exact) mass is 720 g/mol. The normalized spacial score (nSPS) is 16.3. The van der Waals surface area contributed by atoms with Crippen molar-refractivity contribution in [2.24, 2.45) is 0 Å². The van der Waals surface area contributed by atoms with Crippen LogP contribution in [0.5, 0.6) is 0 Å². The molecule has 2 saturated carbocycles. The minimum absolute atomic E-state index is 0.358. The van der Waals surface area contributed by atoms with Gasteiger partial charge in [-0.15, -0.1) is 0 Å². The molecule has 0 saturated heterocycles. The molecule has 0 unspecified atom stereocenters. The van der Waals surface area contributed by atoms with E-state index in [1.165, 1.54) is 0 Å². The van der Waals surface area contributed by atoms with Crippen LogP contribution in [0.4, 0.5) is 0 Å². The zero-order valence-corrected chi connectivity index (χ0v) is 28.0. The Balaban J connectivity index is 1.39. The zero-order chi connectivity index (χ0) is 32.1. The molecule has 0 amide bonds. The van der Waals surface area contributed by atoms with Gasteiger partial charge in [-0.05, 0) is 0 Å². The summed E-state index contributed by atoms with van der Waals surface area (Å²) in [6.45, 7) is 0. The van der Waals surface area contributed by atoms with Crippen LogP contribution in [-0.4, -0.2) is 30.2 Å². The summed E-state index contributed by atoms with van der Waals surface area (Å²) < 4.78 is 16.0. The van der Waals surface area contributed by atoms with Crippen molar-refractivity contribution in [2.45, 2.75) is 0 Å². The predicted octanol–water partition coefficient (Wildman–Crippen LogP) is 6.32. The quantitative estimate of drug-likeness (QED) is 0.167. The van der Waals surface area contributed by atoms with Crippen LogP contribution in [0.25, 0.3) is 0 Å². The first kappa shape index (κ1) is 31.5. The van der Waals surface area contributed by atoms with Gasteiger partial charge in [0.05, 0.1) is 0 Å². The number of rotatable bonds is 9. The van der Waals surface area contributed by atoms with Gasteiger partial charge in [0.2, 0.25) is 0 Å². The molecule has 5 heteroatoms. The maximum absolute atomic E-state index is 14.5. The summed E-state index contributed by atoms with van der Waals surface area (Å²) in [7, 11) is 0. The van der Waals surface area contributed by atoms with Crippen LogP contribution in [0.1, 0.15) is 31.8 Å². The van der Waals surface area contributed by atoms with E-state index in [1.54, 1.807) is 24.3 Å². The SMILES string of the molecule is O=C([O][Sb]([O]C(=O)c1ccc([C]2[CH][CH][CH][CH]2)cc1)([c]1ccccc1)([c]1ccccc1)[c]1ccccc1)c1ccc([C]2[CH][CH][CH][CH]2)cc1. The molecular formula is C42H31O4Sb. The van der Waals surface area contributed by atoms with Crippen molar-refractivity contribution in [3.63, 3.8) is 0 Å². The van der Waals surface area contributed by atoms with Crippen LogP contribution in [0, 0.1) is 63.2 Å². The summed E-state index contributed by atoms with van der Waals surface area (Å²) in [5, 5.41) is 0. The van der Waals surface area contributed by atoms with Gasteiger partial charge < -0.3 is 0 Å². The summed E-state index contributed by atoms with van der Waals surface area (Å²) in [4.78, 5) is 29.0. The molecular weight excluding hydrogens is 690 g/mol. The molecule has 0 aliphatic heterocycles. The van der Waals surface area contributed by atoms with Gasteiger partial charge in [-0.1, -0.05) is 0 Å². The van der Waals surface area contributed by atoms with Crippen LogP contribution in [-0.2, 0) is 6.03 Å². The van der Waals surface area contributed by atoms with E-state index in [1.807, 2.05) is 167 Å². The van der Waals surface area contributed by atoms with Gasteiger partial charge in [-0.25, -0.2) is 0 Å². The first-order chi connectivity index (χ1) is 23.1. The van der Waals surface area contributed by atoms with E-state index in [2.05, 4.69) is 0 Å². The van der Waals surface area contributed by atoms with Gasteiger partial charge in [0, 0.05) is 0 Å². The third-order valence-electron chi connectivity index (χ3n) is 8.42. The van der Waals surface area contributed by atoms with Gasteiger partial charge in [0.25, 0.3) is 0 Å². The molecule has 5 aromatic carbocycles. The molecule has 0 spiro atoms. The Morgan fingerprint density at radius 3 is 0.979 bits per heavy atom. The summed E-state index contributed by atoms with van der Waals surface area (Å²) in [5.41, 5.74) is 2.69. The molecule has 5 aromatic rings. The Kier molecular flexibility index (Phi) is 9.06. The van der Waals surface area contributed by atoms with Crippen molar-refractivity contribution in [1.29, 1.82) is 0 Å². The van der Waals surface area contributed by atoms with E-state index >= 15 is 0 Å². The average molecular weight is 721 g/mol. The number of hydrogen-bond acceptors (Lipinski definition) is 4. The van der Waals surface area contributed by atoms with E-state index in [9.17, 15) is 9.59 Å². The number of carbonyl (C=O) groups is 2. The van der Waals surface area contributed by atoms with Gasteiger partial charge in [-0.3, -0.25) is 0 Å². The van der Waals surface area contributed by atoms with E-state index in [4.69, 9.17) is 6.03 Å². The van der Waals surface area contributed by atoms with Gasteiger partial charge >= 0.3 is 281 Å². The third kappa shape index (κ3) is 5.93. The van der Waals surface area contributed by atoms with Crippen molar-refractivity contribution in [1.82, 2.24) is 0 Å². The Morgan fingerprint density at radius 1 is 0.383 bits per heavy atom. The summed E-state index contributed by atoms with van der Waals surface area (Å²) >= 11 is -6.06. The van der Waals surface area contributed by atoms with Crippen molar-refractivity contribution in [3.05, 3.63) is 225 Å². The maximum atomic E-state index is 14.5. The van der Waals surface area contributed by atoms with Gasteiger partial charge in [0.1, 0.15) is 0 Å². The minimum atomic E-state index is -6.06. The van der Waals surface area contributed by atoms with E-state index in [-0.39, 0.29) is 0 Å². The third-order valence-corrected chi connectivity index (χ3v) is 21.9. The summed E-state index contributed by atoms with van der Waals surface area (Å²) in [6.07, 6.45) is 16.0. The first-order valence-electron chi connectivity index (χ1n) is 15.4. The Labute approximate surface area is 279 Å². The van der Waals surface area contributed by atoms with E-state index in [0.29, 0.717) is 21.7 Å². The Bertz CT molecular complexity index is 1630. The molecule has 2 aliphatic rings. The fourth-order valence-corrected chi connectivity index (χ4v) is 19.0. The molecule has 0 bridgehead atoms. The molecule has 0 N–H and O–H groups in total. The first-order valence-corrected chi connectivity index (χ1v) is 21.3. The van der Waals surface area contributed by atoms with Crippen LogP contribution in [0.3, 0.4) is 0 Å². The van der Waals surface area contributed by atoms with E-state index in [0.717, 1.165) is 23.0 Å². The van der Waals surface area contributed by atoms with Crippen LogP contribution in [0.15, 0.2) is 140 Å². The zero-order valence-electron chi connectivity index (χ0n) is 25.5. The second-order valence-electron chi connectivity index (χ2n) is 11.2. The van der Waals surface area contributed by atoms with Crippen molar-refractivity contribution in [3.8, 4) is 0 Å². The second-order valence-corrected chi connectivity index (χ2v) is 22.2. The van der Waals surface area contributed by atoms with E-state index < -0.39 is 30.2 Å². The predicted molar refractivity (Wildman–Crippen MR) is 187 cm³/mol. The molecule has 0 atom stereocenters. The van der Waals surface area contributed by atoms with Crippen LogP contribution >= 0.6 is 0 Å². The van der Waals surface area contributed by atoms with Crippen molar-refractivity contribution in [2.75, 3.05) is 0 Å². The number of carbonyl (C=O) groups excluding carboxylic acids is 2. The second kappa shape index (κ2) is 13.5. The molecule has 2 aliphatic carbocycles. The molecule has 2 fully saturated rings. The molecule has 228 valence electrons.